The maximum atomic E-state index is 3.31. The lowest BCUT2D eigenvalue weighted by Gasteiger charge is -2.37. The van der Waals surface area contributed by atoms with Gasteiger partial charge in [0.1, 0.15) is 0 Å². The van der Waals surface area contributed by atoms with Crippen molar-refractivity contribution in [3.63, 3.8) is 0 Å². The van der Waals surface area contributed by atoms with Gasteiger partial charge >= 0.3 is 0 Å². The molecule has 0 saturated heterocycles. The van der Waals surface area contributed by atoms with Gasteiger partial charge in [-0.25, -0.2) is 0 Å². The number of hydrogen-bond acceptors (Lipinski definition) is 0. The van der Waals surface area contributed by atoms with Crippen LogP contribution in [0.1, 0.15) is 52.6 Å². The van der Waals surface area contributed by atoms with Gasteiger partial charge in [0.05, 0.1) is 0 Å². The van der Waals surface area contributed by atoms with Crippen molar-refractivity contribution >= 4 is 35.6 Å². The van der Waals surface area contributed by atoms with Gasteiger partial charge in [-0.1, -0.05) is 182 Å². The predicted octanol–water partition coefficient (Wildman–Crippen LogP) is 12.1. The Bertz CT molecular complexity index is 1490. The third-order valence-electron chi connectivity index (χ3n) is 10.2. The van der Waals surface area contributed by atoms with Crippen LogP contribution in [0.4, 0.5) is 0 Å². The Morgan fingerprint density at radius 3 is 0.612 bits per heavy atom. The molecule has 0 spiro atoms. The first-order chi connectivity index (χ1) is 23.9. The summed E-state index contributed by atoms with van der Waals surface area (Å²) in [5, 5.41) is -0.426. The van der Waals surface area contributed by atoms with E-state index in [9.17, 15) is 0 Å². The van der Waals surface area contributed by atoms with E-state index in [0.717, 1.165) is 19.3 Å². The highest BCUT2D eigenvalue weighted by Gasteiger charge is 2.35. The molecular formula is C45H48P4. The van der Waals surface area contributed by atoms with Crippen LogP contribution >= 0.6 is 35.6 Å². The van der Waals surface area contributed by atoms with E-state index in [1.807, 2.05) is 0 Å². The zero-order valence-corrected chi connectivity index (χ0v) is 32.6. The summed E-state index contributed by atoms with van der Waals surface area (Å²) < 4.78 is 0. The number of hydrogen-bond donors (Lipinski definition) is 0. The van der Waals surface area contributed by atoms with Crippen LogP contribution in [0.3, 0.4) is 0 Å². The molecule has 4 heteroatoms. The monoisotopic (exact) mass is 712 g/mol. The van der Waals surface area contributed by atoms with E-state index in [1.165, 1.54) is 51.9 Å². The molecule has 0 N–H and O–H groups in total. The van der Waals surface area contributed by atoms with Crippen molar-refractivity contribution in [2.75, 3.05) is 18.5 Å². The maximum absolute atomic E-state index is 3.31. The largest absolute Gasteiger partial charge is 0.122 e. The lowest BCUT2D eigenvalue weighted by atomic mass is 9.87. The van der Waals surface area contributed by atoms with Crippen molar-refractivity contribution in [1.29, 1.82) is 0 Å². The van der Waals surface area contributed by atoms with Crippen molar-refractivity contribution in [2.45, 2.75) is 34.7 Å². The molecule has 3 atom stereocenters. The summed E-state index contributed by atoms with van der Waals surface area (Å²) in [5.74, 6) is 0. The Morgan fingerprint density at radius 2 is 0.449 bits per heavy atom. The first-order valence-corrected chi connectivity index (χ1v) is 21.0. The highest BCUT2D eigenvalue weighted by atomic mass is 31.1. The third-order valence-corrected chi connectivity index (χ3v) is 15.6. The van der Waals surface area contributed by atoms with Crippen LogP contribution in [-0.4, -0.2) is 18.5 Å². The molecule has 0 aliphatic carbocycles. The molecule has 6 aromatic rings. The third kappa shape index (κ3) is 8.51. The average molecular weight is 713 g/mol. The Balaban J connectivity index is 1.34. The molecule has 0 saturated carbocycles. The van der Waals surface area contributed by atoms with Gasteiger partial charge in [0.15, 0.2) is 0 Å². The molecule has 0 radical (unpaired) electrons. The highest BCUT2D eigenvalue weighted by molar-refractivity contribution is 7.57. The quantitative estimate of drug-likeness (QED) is 0.0930. The normalized spacial score (nSPS) is 12.2. The molecule has 6 aromatic carbocycles. The van der Waals surface area contributed by atoms with Crippen LogP contribution in [0.2, 0.25) is 0 Å². The first kappa shape index (κ1) is 35.9. The van der Waals surface area contributed by atoms with Crippen LogP contribution in [0.25, 0.3) is 0 Å². The zero-order valence-electron chi connectivity index (χ0n) is 28.2. The highest BCUT2D eigenvalue weighted by Crippen LogP contribution is 2.53. The molecule has 0 fully saturated rings. The van der Waals surface area contributed by atoms with Gasteiger partial charge in [-0.05, 0) is 71.1 Å². The Morgan fingerprint density at radius 1 is 0.286 bits per heavy atom. The molecule has 0 aromatic heterocycles. The van der Waals surface area contributed by atoms with E-state index in [2.05, 4.69) is 210 Å². The first-order valence-electron chi connectivity index (χ1n) is 17.3. The minimum Gasteiger partial charge on any atom is -0.122 e. The van der Waals surface area contributed by atoms with Crippen LogP contribution in [0.5, 0.6) is 0 Å². The van der Waals surface area contributed by atoms with E-state index in [0.29, 0.717) is 0 Å². The zero-order chi connectivity index (χ0) is 34.0. The topological polar surface area (TPSA) is 0 Å². The van der Waals surface area contributed by atoms with Gasteiger partial charge in [-0.3, -0.25) is 0 Å². The second kappa shape index (κ2) is 16.8. The summed E-state index contributed by atoms with van der Waals surface area (Å²) in [5.41, 5.74) is 8.19. The van der Waals surface area contributed by atoms with Gasteiger partial charge in [-0.2, -0.15) is 0 Å². The molecule has 0 bridgehead atoms. The van der Waals surface area contributed by atoms with Crippen LogP contribution in [-0.2, 0) is 15.5 Å². The van der Waals surface area contributed by atoms with Crippen molar-refractivity contribution in [1.82, 2.24) is 0 Å². The van der Waals surface area contributed by atoms with E-state index in [4.69, 9.17) is 0 Å². The average Bonchev–Trinajstić information content (AvgIpc) is 3.19. The van der Waals surface area contributed by atoms with E-state index in [1.54, 1.807) is 0 Å². The Hall–Kier alpha value is -2.96. The summed E-state index contributed by atoms with van der Waals surface area (Å²) in [6.07, 6.45) is 6.82. The second-order valence-corrected chi connectivity index (χ2v) is 18.8. The number of benzene rings is 6. The molecular weight excluding hydrogens is 664 g/mol. The van der Waals surface area contributed by atoms with Crippen LogP contribution in [0, 0.1) is 0 Å². The molecule has 3 unspecified atom stereocenters. The maximum Gasteiger partial charge on any atom is 0.0347 e. The smallest absolute Gasteiger partial charge is 0.0347 e. The summed E-state index contributed by atoms with van der Waals surface area (Å²) in [6.45, 7) is 0. The summed E-state index contributed by atoms with van der Waals surface area (Å²) in [6, 6.07) is 66.7. The van der Waals surface area contributed by atoms with Crippen LogP contribution < -0.4 is 0 Å². The van der Waals surface area contributed by atoms with Crippen molar-refractivity contribution in [3.8, 4) is 0 Å². The lowest BCUT2D eigenvalue weighted by Crippen LogP contribution is -2.25. The fourth-order valence-corrected chi connectivity index (χ4v) is 12.1. The molecule has 0 aliphatic rings. The molecule has 0 nitrogen and oxygen atoms in total. The second-order valence-electron chi connectivity index (χ2n) is 13.2. The fraction of sp³-hybridized carbons (Fsp3) is 0.200. The number of rotatable bonds is 15. The fourth-order valence-electron chi connectivity index (χ4n) is 7.12. The summed E-state index contributed by atoms with van der Waals surface area (Å²) in [7, 11) is 9.59. The van der Waals surface area contributed by atoms with Gasteiger partial charge in [-0.15, -0.1) is 35.6 Å². The minimum atomic E-state index is -0.336. The van der Waals surface area contributed by atoms with E-state index >= 15 is 0 Å². The Kier molecular flexibility index (Phi) is 12.3. The molecule has 248 valence electrons. The molecule has 0 aliphatic heterocycles. The van der Waals surface area contributed by atoms with Crippen LogP contribution in [0.15, 0.2) is 182 Å². The molecule has 6 rings (SSSR count). The van der Waals surface area contributed by atoms with Crippen molar-refractivity contribution in [2.24, 2.45) is 0 Å². The minimum absolute atomic E-state index is 0.142. The van der Waals surface area contributed by atoms with Gasteiger partial charge in [0, 0.05) is 15.5 Å². The lowest BCUT2D eigenvalue weighted by molar-refractivity contribution is 0.687. The molecule has 0 amide bonds. The van der Waals surface area contributed by atoms with Crippen molar-refractivity contribution < 1.29 is 0 Å². The molecule has 49 heavy (non-hydrogen) atoms. The van der Waals surface area contributed by atoms with E-state index in [-0.39, 0.29) is 23.4 Å². The molecule has 0 heterocycles. The standard InChI is InChI=1S/C45H48P4/c46-43(37-19-7-1-8-20-37,38-21-9-2-10-22-38)31-34-49(35-32-44(47,39-23-11-3-12-24-39)40-25-13-4-14-26-40)36-33-45(48,41-27-15-5-16-28-41)42-29-17-6-18-30-42/h1-30H,31-36,46-48H2. The predicted molar refractivity (Wildman–Crippen MR) is 225 cm³/mol. The SMILES string of the molecule is PC(CCP(CCC(P)(c1ccccc1)c1ccccc1)CCC(P)(c1ccccc1)c1ccccc1)(c1ccccc1)c1ccccc1. The summed E-state index contributed by atoms with van der Waals surface area (Å²) >= 11 is 0. The summed E-state index contributed by atoms with van der Waals surface area (Å²) in [4.78, 5) is 0. The van der Waals surface area contributed by atoms with Crippen molar-refractivity contribution in [3.05, 3.63) is 215 Å². The van der Waals surface area contributed by atoms with Gasteiger partial charge < -0.3 is 0 Å². The van der Waals surface area contributed by atoms with E-state index < -0.39 is 0 Å². The Labute approximate surface area is 302 Å². The van der Waals surface area contributed by atoms with Gasteiger partial charge in [0.25, 0.3) is 0 Å². The van der Waals surface area contributed by atoms with Gasteiger partial charge in [0.2, 0.25) is 0 Å².